The first-order valence-electron chi connectivity index (χ1n) is 5.87. The van der Waals surface area contributed by atoms with Crippen LogP contribution >= 0.6 is 11.6 Å². The lowest BCUT2D eigenvalue weighted by molar-refractivity contribution is -0.121. The van der Waals surface area contributed by atoms with Gasteiger partial charge in [-0.25, -0.2) is 4.98 Å². The van der Waals surface area contributed by atoms with Crippen molar-refractivity contribution in [2.24, 2.45) is 0 Å². The number of carbonyl (C=O) groups excluding carboxylic acids is 2. The van der Waals surface area contributed by atoms with Crippen LogP contribution in [0, 0.1) is 0 Å². The van der Waals surface area contributed by atoms with E-state index in [4.69, 9.17) is 22.1 Å². The molecule has 0 unspecified atom stereocenters. The maximum Gasteiger partial charge on any atom is 0.256 e. The lowest BCUT2D eigenvalue weighted by Gasteiger charge is -2.17. The van der Waals surface area contributed by atoms with E-state index in [0.717, 1.165) is 0 Å². The highest BCUT2D eigenvalue weighted by atomic mass is 35.5. The van der Waals surface area contributed by atoms with E-state index >= 15 is 0 Å². The van der Waals surface area contributed by atoms with Crippen LogP contribution in [0.4, 0.5) is 5.69 Å². The van der Waals surface area contributed by atoms with Gasteiger partial charge in [-0.3, -0.25) is 9.59 Å². The summed E-state index contributed by atoms with van der Waals surface area (Å²) in [5, 5.41) is 2.79. The number of likely N-dealkylation sites (N-methyl/N-ethyl adjacent to an activating group) is 1. The highest BCUT2D eigenvalue weighted by Gasteiger charge is 2.17. The van der Waals surface area contributed by atoms with Gasteiger partial charge in [0.25, 0.3) is 5.91 Å². The molecule has 0 aliphatic heterocycles. The van der Waals surface area contributed by atoms with Gasteiger partial charge in [-0.2, -0.15) is 0 Å². The Morgan fingerprint density at radius 2 is 2.25 bits per heavy atom. The molecule has 7 nitrogen and oxygen atoms in total. The minimum absolute atomic E-state index is 0.0814. The fourth-order valence-corrected chi connectivity index (χ4v) is 1.62. The number of nitrogens with one attached hydrogen (secondary N) is 1. The van der Waals surface area contributed by atoms with E-state index in [9.17, 15) is 9.59 Å². The third-order valence-electron chi connectivity index (χ3n) is 2.49. The molecule has 0 radical (unpaired) electrons. The van der Waals surface area contributed by atoms with Gasteiger partial charge in [0.1, 0.15) is 5.15 Å². The van der Waals surface area contributed by atoms with Gasteiger partial charge in [-0.15, -0.1) is 0 Å². The zero-order chi connectivity index (χ0) is 15.1. The number of nitrogen functional groups attached to an aromatic ring is 1. The number of pyridine rings is 1. The van der Waals surface area contributed by atoms with Crippen LogP contribution in [0.1, 0.15) is 10.4 Å². The van der Waals surface area contributed by atoms with Crippen LogP contribution in [-0.2, 0) is 9.53 Å². The number of methoxy groups -OCH3 is 1. The summed E-state index contributed by atoms with van der Waals surface area (Å²) in [5.41, 5.74) is 6.11. The molecule has 0 aliphatic carbocycles. The number of amides is 2. The molecule has 0 saturated heterocycles. The average molecular weight is 301 g/mol. The van der Waals surface area contributed by atoms with E-state index in [1.807, 2.05) is 0 Å². The molecule has 2 amide bonds. The Kier molecular flexibility index (Phi) is 6.20. The van der Waals surface area contributed by atoms with Crippen molar-refractivity contribution >= 4 is 29.1 Å². The van der Waals surface area contributed by atoms with Gasteiger partial charge >= 0.3 is 0 Å². The molecule has 0 bridgehead atoms. The minimum Gasteiger partial charge on any atom is -0.397 e. The number of carbonyl (C=O) groups is 2. The van der Waals surface area contributed by atoms with Gasteiger partial charge in [-0.1, -0.05) is 11.6 Å². The Hall–Kier alpha value is -1.86. The first kappa shape index (κ1) is 16.2. The van der Waals surface area contributed by atoms with Crippen molar-refractivity contribution in [3.8, 4) is 0 Å². The number of aromatic nitrogens is 1. The topological polar surface area (TPSA) is 97.5 Å². The van der Waals surface area contributed by atoms with Gasteiger partial charge < -0.3 is 20.7 Å². The summed E-state index contributed by atoms with van der Waals surface area (Å²) in [4.78, 5) is 28.7. The molecule has 0 fully saturated rings. The van der Waals surface area contributed by atoms with Gasteiger partial charge in [0.2, 0.25) is 5.91 Å². The summed E-state index contributed by atoms with van der Waals surface area (Å²) >= 11 is 5.73. The van der Waals surface area contributed by atoms with Crippen LogP contribution < -0.4 is 11.1 Å². The third kappa shape index (κ3) is 4.67. The number of ether oxygens (including phenoxy) is 1. The smallest absolute Gasteiger partial charge is 0.256 e. The second kappa shape index (κ2) is 7.66. The quantitative estimate of drug-likeness (QED) is 0.576. The van der Waals surface area contributed by atoms with Crippen LogP contribution in [0.5, 0.6) is 0 Å². The van der Waals surface area contributed by atoms with E-state index < -0.39 is 5.91 Å². The maximum absolute atomic E-state index is 12.1. The van der Waals surface area contributed by atoms with E-state index in [-0.39, 0.29) is 28.9 Å². The van der Waals surface area contributed by atoms with E-state index in [0.29, 0.717) is 13.2 Å². The van der Waals surface area contributed by atoms with Crippen molar-refractivity contribution in [1.82, 2.24) is 15.2 Å². The highest BCUT2D eigenvalue weighted by molar-refractivity contribution is 6.29. The summed E-state index contributed by atoms with van der Waals surface area (Å²) in [6.07, 6.45) is 1.31. The van der Waals surface area contributed by atoms with Crippen molar-refractivity contribution in [3.05, 3.63) is 23.0 Å². The largest absolute Gasteiger partial charge is 0.397 e. The number of nitrogens with zero attached hydrogens (tertiary/aromatic N) is 2. The Bertz CT molecular complexity index is 496. The molecular formula is C12H17ClN4O3. The van der Waals surface area contributed by atoms with E-state index in [1.165, 1.54) is 31.3 Å². The highest BCUT2D eigenvalue weighted by Crippen LogP contribution is 2.16. The van der Waals surface area contributed by atoms with Gasteiger partial charge in [0.05, 0.1) is 30.6 Å². The van der Waals surface area contributed by atoms with E-state index in [1.54, 1.807) is 0 Å². The predicted molar refractivity (Wildman–Crippen MR) is 75.5 cm³/mol. The summed E-state index contributed by atoms with van der Waals surface area (Å²) in [6, 6.07) is 1.37. The Balaban J connectivity index is 2.62. The molecule has 0 atom stereocenters. The number of hydrogen-bond acceptors (Lipinski definition) is 5. The SMILES string of the molecule is COCCNC(=O)CN(C)C(=O)c1cc(Cl)ncc1N. The standard InChI is InChI=1S/C12H17ClN4O3/c1-17(7-11(18)15-3-4-20-2)12(19)8-5-10(13)16-6-9(8)14/h5-6H,3-4,7,14H2,1-2H3,(H,15,18). The Morgan fingerprint density at radius 3 is 2.90 bits per heavy atom. The number of halogens is 1. The molecule has 8 heteroatoms. The number of rotatable bonds is 6. The minimum atomic E-state index is -0.395. The molecule has 110 valence electrons. The molecule has 0 saturated carbocycles. The number of nitrogens with two attached hydrogens (primary N) is 1. The van der Waals surface area contributed by atoms with E-state index in [2.05, 4.69) is 10.3 Å². The molecular weight excluding hydrogens is 284 g/mol. The first-order valence-corrected chi connectivity index (χ1v) is 6.25. The summed E-state index contributed by atoms with van der Waals surface area (Å²) in [6.45, 7) is 0.721. The normalized spacial score (nSPS) is 10.2. The van der Waals surface area contributed by atoms with Crippen molar-refractivity contribution in [1.29, 1.82) is 0 Å². The van der Waals surface area contributed by atoms with Crippen molar-refractivity contribution in [3.63, 3.8) is 0 Å². The second-order valence-corrected chi connectivity index (χ2v) is 4.49. The summed E-state index contributed by atoms with van der Waals surface area (Å²) in [7, 11) is 3.05. The third-order valence-corrected chi connectivity index (χ3v) is 2.69. The van der Waals surface area contributed by atoms with Gasteiger partial charge in [0.15, 0.2) is 0 Å². The maximum atomic E-state index is 12.1. The molecule has 1 aromatic rings. The first-order chi connectivity index (χ1) is 9.45. The molecule has 0 aromatic carbocycles. The fraction of sp³-hybridized carbons (Fsp3) is 0.417. The molecule has 1 heterocycles. The summed E-state index contributed by atoms with van der Waals surface area (Å²) in [5.74, 6) is -0.676. The number of anilines is 1. The lowest BCUT2D eigenvalue weighted by Crippen LogP contribution is -2.39. The Labute approximate surface area is 122 Å². The monoisotopic (exact) mass is 300 g/mol. The van der Waals surface area contributed by atoms with Crippen molar-refractivity contribution in [2.75, 3.05) is 39.6 Å². The van der Waals surface area contributed by atoms with Gasteiger partial charge in [0, 0.05) is 20.7 Å². The lowest BCUT2D eigenvalue weighted by atomic mass is 10.2. The van der Waals surface area contributed by atoms with Crippen LogP contribution in [0.3, 0.4) is 0 Å². The molecule has 0 aliphatic rings. The van der Waals surface area contributed by atoms with Crippen LogP contribution in [0.15, 0.2) is 12.3 Å². The van der Waals surface area contributed by atoms with Gasteiger partial charge in [-0.05, 0) is 6.07 Å². The fourth-order valence-electron chi connectivity index (χ4n) is 1.47. The molecule has 1 rings (SSSR count). The molecule has 3 N–H and O–H groups in total. The molecule has 0 spiro atoms. The molecule has 1 aromatic heterocycles. The zero-order valence-corrected chi connectivity index (χ0v) is 12.1. The predicted octanol–water partition coefficient (Wildman–Crippen LogP) is 0.152. The zero-order valence-electron chi connectivity index (χ0n) is 11.4. The average Bonchev–Trinajstić information content (AvgIpc) is 2.41. The Morgan fingerprint density at radius 1 is 1.55 bits per heavy atom. The summed E-state index contributed by atoms with van der Waals surface area (Å²) < 4.78 is 4.81. The van der Waals surface area contributed by atoms with Crippen LogP contribution in [0.2, 0.25) is 5.15 Å². The van der Waals surface area contributed by atoms with Crippen LogP contribution in [0.25, 0.3) is 0 Å². The molecule has 20 heavy (non-hydrogen) atoms. The second-order valence-electron chi connectivity index (χ2n) is 4.10. The van der Waals surface area contributed by atoms with Crippen molar-refractivity contribution < 1.29 is 14.3 Å². The number of hydrogen-bond donors (Lipinski definition) is 2. The van der Waals surface area contributed by atoms with Crippen molar-refractivity contribution in [2.45, 2.75) is 0 Å². The van der Waals surface area contributed by atoms with Crippen LogP contribution in [-0.4, -0.2) is 55.6 Å².